The molecule has 9 heteroatoms. The van der Waals surface area contributed by atoms with Crippen LogP contribution in [0.15, 0.2) is 29.6 Å². The summed E-state index contributed by atoms with van der Waals surface area (Å²) in [7, 11) is 0. The molecule has 3 heterocycles. The number of hydrazone groups is 1. The first-order valence-corrected chi connectivity index (χ1v) is 8.94. The SMILES string of the molecule is Cc1ncnc(OC2CN(C(=O)N3N=CC[C@H]3c3cc(F)cc(F)c3)C2)c1C. The number of urea groups is 1. The highest BCUT2D eigenvalue weighted by Crippen LogP contribution is 2.31. The Hall–Kier alpha value is -3.10. The highest BCUT2D eigenvalue weighted by Gasteiger charge is 2.39. The van der Waals surface area contributed by atoms with Crippen LogP contribution in [-0.4, -0.2) is 51.3 Å². The van der Waals surface area contributed by atoms with Gasteiger partial charge in [0.2, 0.25) is 5.88 Å². The topological polar surface area (TPSA) is 70.9 Å². The summed E-state index contributed by atoms with van der Waals surface area (Å²) in [6, 6.07) is 2.42. The largest absolute Gasteiger partial charge is 0.470 e. The first-order chi connectivity index (χ1) is 13.4. The molecule has 2 amide bonds. The fourth-order valence-corrected chi connectivity index (χ4v) is 3.25. The molecule has 1 aromatic carbocycles. The summed E-state index contributed by atoms with van der Waals surface area (Å²) in [5.74, 6) is -0.846. The van der Waals surface area contributed by atoms with Gasteiger partial charge in [-0.3, -0.25) is 0 Å². The summed E-state index contributed by atoms with van der Waals surface area (Å²) in [6.07, 6.45) is 3.25. The van der Waals surface area contributed by atoms with E-state index in [1.54, 1.807) is 11.1 Å². The van der Waals surface area contributed by atoms with Crippen molar-refractivity contribution in [3.05, 3.63) is 53.0 Å². The predicted molar refractivity (Wildman–Crippen MR) is 96.9 cm³/mol. The molecule has 0 spiro atoms. The second kappa shape index (κ2) is 7.14. The third kappa shape index (κ3) is 3.39. The van der Waals surface area contributed by atoms with Gasteiger partial charge in [0, 0.05) is 30.0 Å². The van der Waals surface area contributed by atoms with Crippen LogP contribution in [-0.2, 0) is 0 Å². The van der Waals surface area contributed by atoms with E-state index in [0.717, 1.165) is 17.3 Å². The third-order valence-electron chi connectivity index (χ3n) is 4.98. The van der Waals surface area contributed by atoms with E-state index in [2.05, 4.69) is 15.1 Å². The van der Waals surface area contributed by atoms with Crippen molar-refractivity contribution >= 4 is 12.2 Å². The Bertz CT molecular complexity index is 926. The summed E-state index contributed by atoms with van der Waals surface area (Å²) < 4.78 is 32.9. The zero-order chi connectivity index (χ0) is 19.8. The molecule has 1 fully saturated rings. The van der Waals surface area contributed by atoms with Crippen molar-refractivity contribution in [2.45, 2.75) is 32.4 Å². The fourth-order valence-electron chi connectivity index (χ4n) is 3.25. The Morgan fingerprint density at radius 1 is 1.14 bits per heavy atom. The normalized spacial score (nSPS) is 19.1. The molecular formula is C19H19F2N5O2. The average molecular weight is 387 g/mol. The maximum atomic E-state index is 13.5. The Labute approximate surface area is 160 Å². The van der Waals surface area contributed by atoms with E-state index < -0.39 is 17.7 Å². The zero-order valence-electron chi connectivity index (χ0n) is 15.5. The van der Waals surface area contributed by atoms with Crippen LogP contribution in [0.2, 0.25) is 0 Å². The summed E-state index contributed by atoms with van der Waals surface area (Å²) >= 11 is 0. The molecule has 146 valence electrons. The lowest BCUT2D eigenvalue weighted by molar-refractivity contribution is 0.0247. The van der Waals surface area contributed by atoms with E-state index in [1.165, 1.54) is 23.5 Å². The van der Waals surface area contributed by atoms with Gasteiger partial charge >= 0.3 is 6.03 Å². The van der Waals surface area contributed by atoms with Crippen molar-refractivity contribution in [2.24, 2.45) is 5.10 Å². The molecule has 2 aliphatic heterocycles. The minimum atomic E-state index is -0.678. The molecule has 7 nitrogen and oxygen atoms in total. The molecule has 1 aromatic heterocycles. The number of nitrogens with zero attached hydrogens (tertiary/aromatic N) is 5. The highest BCUT2D eigenvalue weighted by molar-refractivity contribution is 5.79. The summed E-state index contributed by atoms with van der Waals surface area (Å²) in [5.41, 5.74) is 2.09. The number of benzene rings is 1. The Balaban J connectivity index is 1.40. The predicted octanol–water partition coefficient (Wildman–Crippen LogP) is 2.99. The van der Waals surface area contributed by atoms with Gasteiger partial charge in [0.25, 0.3) is 0 Å². The quantitative estimate of drug-likeness (QED) is 0.812. The lowest BCUT2D eigenvalue weighted by Gasteiger charge is -2.40. The number of amides is 2. The van der Waals surface area contributed by atoms with Gasteiger partial charge in [0.05, 0.1) is 19.1 Å². The van der Waals surface area contributed by atoms with Crippen molar-refractivity contribution in [3.63, 3.8) is 0 Å². The number of carbonyl (C=O) groups excluding carboxylic acids is 1. The molecule has 2 aromatic rings. The summed E-state index contributed by atoms with van der Waals surface area (Å²) in [5, 5.41) is 5.37. The Morgan fingerprint density at radius 2 is 1.86 bits per heavy atom. The van der Waals surface area contributed by atoms with Gasteiger partial charge in [-0.1, -0.05) is 0 Å². The van der Waals surface area contributed by atoms with Crippen molar-refractivity contribution in [1.82, 2.24) is 19.9 Å². The van der Waals surface area contributed by atoms with Gasteiger partial charge in [0.15, 0.2) is 0 Å². The maximum absolute atomic E-state index is 13.5. The molecule has 0 bridgehead atoms. The van der Waals surface area contributed by atoms with Crippen LogP contribution < -0.4 is 4.74 Å². The molecule has 0 unspecified atom stereocenters. The lowest BCUT2D eigenvalue weighted by atomic mass is 10.0. The van der Waals surface area contributed by atoms with Crippen LogP contribution in [0.4, 0.5) is 13.6 Å². The minimum Gasteiger partial charge on any atom is -0.470 e. The molecule has 1 atom stereocenters. The average Bonchev–Trinajstić information content (AvgIpc) is 3.09. The minimum absolute atomic E-state index is 0.173. The lowest BCUT2D eigenvalue weighted by Crippen LogP contribution is -2.59. The number of hydrogen-bond donors (Lipinski definition) is 0. The monoisotopic (exact) mass is 387 g/mol. The summed E-state index contributed by atoms with van der Waals surface area (Å²) in [6.45, 7) is 4.53. The smallest absolute Gasteiger partial charge is 0.341 e. The van der Waals surface area contributed by atoms with Gasteiger partial charge in [-0.2, -0.15) is 5.10 Å². The first-order valence-electron chi connectivity index (χ1n) is 8.94. The van der Waals surface area contributed by atoms with Crippen LogP contribution in [0.5, 0.6) is 5.88 Å². The van der Waals surface area contributed by atoms with Gasteiger partial charge in [-0.15, -0.1) is 0 Å². The number of carbonyl (C=O) groups is 1. The Morgan fingerprint density at radius 3 is 2.57 bits per heavy atom. The van der Waals surface area contributed by atoms with Crippen molar-refractivity contribution in [2.75, 3.05) is 13.1 Å². The number of hydrogen-bond acceptors (Lipinski definition) is 5. The van der Waals surface area contributed by atoms with E-state index in [4.69, 9.17) is 4.74 Å². The van der Waals surface area contributed by atoms with Crippen LogP contribution >= 0.6 is 0 Å². The van der Waals surface area contributed by atoms with E-state index in [9.17, 15) is 13.6 Å². The molecule has 4 rings (SSSR count). The molecule has 28 heavy (non-hydrogen) atoms. The van der Waals surface area contributed by atoms with Crippen LogP contribution in [0, 0.1) is 25.5 Å². The first kappa shape index (κ1) is 18.3. The number of likely N-dealkylation sites (tertiary alicyclic amines) is 1. The van der Waals surface area contributed by atoms with Crippen LogP contribution in [0.1, 0.15) is 29.3 Å². The van der Waals surface area contributed by atoms with Gasteiger partial charge < -0.3 is 9.64 Å². The van der Waals surface area contributed by atoms with E-state index >= 15 is 0 Å². The van der Waals surface area contributed by atoms with Crippen molar-refractivity contribution < 1.29 is 18.3 Å². The second-order valence-electron chi connectivity index (χ2n) is 6.91. The summed E-state index contributed by atoms with van der Waals surface area (Å²) in [4.78, 5) is 22.6. The van der Waals surface area contributed by atoms with E-state index in [0.29, 0.717) is 31.0 Å². The van der Waals surface area contributed by atoms with E-state index in [1.807, 2.05) is 13.8 Å². The highest BCUT2D eigenvalue weighted by atomic mass is 19.1. The third-order valence-corrected chi connectivity index (χ3v) is 4.98. The number of aryl methyl sites for hydroxylation is 1. The van der Waals surface area contributed by atoms with Gasteiger partial charge in [0.1, 0.15) is 24.1 Å². The van der Waals surface area contributed by atoms with Crippen LogP contribution in [0.3, 0.4) is 0 Å². The molecule has 2 aliphatic rings. The molecule has 0 N–H and O–H groups in total. The van der Waals surface area contributed by atoms with Gasteiger partial charge in [-0.25, -0.2) is 28.6 Å². The second-order valence-corrected chi connectivity index (χ2v) is 6.91. The standard InChI is InChI=1S/C19H19F2N5O2/c1-11-12(2)22-10-23-18(11)28-16-8-25(9-16)19(27)26-17(3-4-24-26)13-5-14(20)7-15(21)6-13/h4-7,10,16-17H,3,8-9H2,1-2H3/t17-/m0/s1. The molecule has 0 radical (unpaired) electrons. The molecule has 1 saturated heterocycles. The number of aromatic nitrogens is 2. The number of halogens is 2. The number of rotatable bonds is 3. The molecule has 0 saturated carbocycles. The Kier molecular flexibility index (Phi) is 4.66. The zero-order valence-corrected chi connectivity index (χ0v) is 15.5. The maximum Gasteiger partial charge on any atom is 0.341 e. The molecular weight excluding hydrogens is 368 g/mol. The van der Waals surface area contributed by atoms with Crippen molar-refractivity contribution in [1.29, 1.82) is 0 Å². The van der Waals surface area contributed by atoms with E-state index in [-0.39, 0.29) is 12.1 Å². The van der Waals surface area contributed by atoms with Crippen molar-refractivity contribution in [3.8, 4) is 5.88 Å². The van der Waals surface area contributed by atoms with Gasteiger partial charge in [-0.05, 0) is 31.5 Å². The molecule has 0 aliphatic carbocycles. The van der Waals surface area contributed by atoms with Crippen LogP contribution in [0.25, 0.3) is 0 Å². The number of ether oxygens (including phenoxy) is 1. The fraction of sp³-hybridized carbons (Fsp3) is 0.368.